The van der Waals surface area contributed by atoms with E-state index in [-0.39, 0.29) is 0 Å². The van der Waals surface area contributed by atoms with Gasteiger partial charge in [0.1, 0.15) is 12.1 Å². The summed E-state index contributed by atoms with van der Waals surface area (Å²) in [6.07, 6.45) is 5.67. The summed E-state index contributed by atoms with van der Waals surface area (Å²) >= 11 is 0. The molecule has 0 saturated heterocycles. The molecule has 0 saturated carbocycles. The van der Waals surface area contributed by atoms with Crippen molar-refractivity contribution in [1.82, 2.24) is 9.88 Å². The molecule has 1 aromatic heterocycles. The monoisotopic (exact) mass is 550 g/mol. The number of nitrogens with zero attached hydrogens (tertiary/aromatic N) is 4. The third kappa shape index (κ3) is 4.43. The lowest BCUT2D eigenvalue weighted by molar-refractivity contribution is 0.529. The van der Waals surface area contributed by atoms with Crippen LogP contribution < -0.4 is 0 Å². The van der Waals surface area contributed by atoms with Gasteiger partial charge < -0.3 is 4.90 Å². The normalized spacial score (nSPS) is 12.9. The van der Waals surface area contributed by atoms with Gasteiger partial charge in [-0.15, -0.1) is 0 Å². The fourth-order valence-electron chi connectivity index (χ4n) is 6.29. The first-order valence-electron chi connectivity index (χ1n) is 14.2. The zero-order valence-corrected chi connectivity index (χ0v) is 23.6. The molecule has 0 bridgehead atoms. The average Bonchev–Trinajstić information content (AvgIpc) is 3.07. The Kier molecular flexibility index (Phi) is 6.51. The van der Waals surface area contributed by atoms with Crippen LogP contribution in [0.3, 0.4) is 0 Å². The van der Waals surface area contributed by atoms with E-state index in [0.717, 1.165) is 67.2 Å². The summed E-state index contributed by atoms with van der Waals surface area (Å²) < 4.78 is 0. The fourth-order valence-corrected chi connectivity index (χ4v) is 6.29. The third-order valence-corrected chi connectivity index (χ3v) is 8.13. The summed E-state index contributed by atoms with van der Waals surface area (Å²) in [4.78, 5) is 6.67. The summed E-state index contributed by atoms with van der Waals surface area (Å²) in [5.74, 6) is 0. The molecule has 5 aromatic carbocycles. The molecular formula is C39H26N4. The van der Waals surface area contributed by atoms with Gasteiger partial charge in [0.05, 0.1) is 22.5 Å². The highest BCUT2D eigenvalue weighted by atomic mass is 15.1. The molecule has 2 heterocycles. The summed E-state index contributed by atoms with van der Waals surface area (Å²) in [6, 6.07) is 42.2. The van der Waals surface area contributed by atoms with Gasteiger partial charge in [0.25, 0.3) is 0 Å². The van der Waals surface area contributed by atoms with Crippen LogP contribution in [0.5, 0.6) is 0 Å². The van der Waals surface area contributed by atoms with Gasteiger partial charge in [-0.05, 0) is 79.7 Å². The second-order valence-corrected chi connectivity index (χ2v) is 10.7. The van der Waals surface area contributed by atoms with Gasteiger partial charge in [0.2, 0.25) is 0 Å². The minimum absolute atomic E-state index is 0.554. The molecule has 0 unspecified atom stereocenters. The molecule has 202 valence electrons. The predicted octanol–water partition coefficient (Wildman–Crippen LogP) is 9.00. The molecule has 1 aliphatic rings. The molecule has 0 atom stereocenters. The van der Waals surface area contributed by atoms with Crippen molar-refractivity contribution in [3.8, 4) is 45.6 Å². The van der Waals surface area contributed by atoms with Crippen LogP contribution in [0.2, 0.25) is 0 Å². The van der Waals surface area contributed by atoms with Crippen LogP contribution in [0.15, 0.2) is 133 Å². The summed E-state index contributed by atoms with van der Waals surface area (Å²) in [5, 5.41) is 24.2. The van der Waals surface area contributed by atoms with Crippen molar-refractivity contribution >= 4 is 27.2 Å². The Balaban J connectivity index is 1.49. The van der Waals surface area contributed by atoms with Crippen molar-refractivity contribution in [1.29, 1.82) is 10.5 Å². The highest BCUT2D eigenvalue weighted by Crippen LogP contribution is 2.44. The molecule has 0 radical (unpaired) electrons. The van der Waals surface area contributed by atoms with Crippen molar-refractivity contribution in [2.24, 2.45) is 0 Å². The molecule has 7 rings (SSSR count). The van der Waals surface area contributed by atoms with E-state index in [1.807, 2.05) is 31.3 Å². The first kappa shape index (κ1) is 26.0. The third-order valence-electron chi connectivity index (χ3n) is 8.13. The zero-order chi connectivity index (χ0) is 29.3. The number of rotatable bonds is 4. The molecule has 0 amide bonds. The number of allylic oxidation sites excluding steroid dienone is 2. The van der Waals surface area contributed by atoms with E-state index in [9.17, 15) is 10.5 Å². The average molecular weight is 551 g/mol. The Morgan fingerprint density at radius 3 is 1.77 bits per heavy atom. The largest absolute Gasteiger partial charge is 0.369 e. The smallest absolute Gasteiger partial charge is 0.101 e. The van der Waals surface area contributed by atoms with Gasteiger partial charge in [-0.2, -0.15) is 10.5 Å². The van der Waals surface area contributed by atoms with Crippen LogP contribution in [0.1, 0.15) is 11.1 Å². The molecule has 0 N–H and O–H groups in total. The number of benzene rings is 5. The Morgan fingerprint density at radius 2 is 1.19 bits per heavy atom. The number of likely N-dealkylation sites (N-methyl/N-ethyl adjacent to an activating group) is 1. The molecule has 43 heavy (non-hydrogen) atoms. The van der Waals surface area contributed by atoms with Crippen LogP contribution in [-0.4, -0.2) is 23.5 Å². The maximum absolute atomic E-state index is 9.86. The maximum Gasteiger partial charge on any atom is 0.101 e. The Bertz CT molecular complexity index is 2150. The second kappa shape index (κ2) is 10.8. The van der Waals surface area contributed by atoms with Crippen LogP contribution in [-0.2, 0) is 0 Å². The van der Waals surface area contributed by atoms with Crippen molar-refractivity contribution in [3.05, 3.63) is 144 Å². The summed E-state index contributed by atoms with van der Waals surface area (Å²) in [6.45, 7) is 0.763. The summed E-state index contributed by atoms with van der Waals surface area (Å²) in [7, 11) is 2.03. The lowest BCUT2D eigenvalue weighted by Gasteiger charge is -2.26. The number of pyridine rings is 1. The van der Waals surface area contributed by atoms with E-state index in [0.29, 0.717) is 16.8 Å². The van der Waals surface area contributed by atoms with Crippen LogP contribution in [0, 0.1) is 22.7 Å². The minimum Gasteiger partial charge on any atom is -0.369 e. The van der Waals surface area contributed by atoms with Crippen molar-refractivity contribution in [2.75, 3.05) is 13.6 Å². The lowest BCUT2D eigenvalue weighted by Crippen LogP contribution is -2.20. The fraction of sp³-hybridized carbons (Fsp3) is 0.0513. The first-order valence-corrected chi connectivity index (χ1v) is 14.2. The van der Waals surface area contributed by atoms with Gasteiger partial charge >= 0.3 is 0 Å². The molecule has 0 spiro atoms. The van der Waals surface area contributed by atoms with Crippen molar-refractivity contribution < 1.29 is 0 Å². The van der Waals surface area contributed by atoms with E-state index in [1.54, 1.807) is 18.3 Å². The first-order chi connectivity index (χ1) is 21.2. The van der Waals surface area contributed by atoms with Crippen LogP contribution in [0.4, 0.5) is 0 Å². The van der Waals surface area contributed by atoms with Gasteiger partial charge in [-0.1, -0.05) is 91.0 Å². The van der Waals surface area contributed by atoms with Crippen molar-refractivity contribution in [2.45, 2.75) is 0 Å². The number of nitriles is 2. The predicted molar refractivity (Wildman–Crippen MR) is 175 cm³/mol. The number of aromatic nitrogens is 1. The Hall–Kier alpha value is -5.97. The maximum atomic E-state index is 9.86. The molecule has 1 aliphatic heterocycles. The van der Waals surface area contributed by atoms with E-state index in [1.165, 1.54) is 0 Å². The molecular weight excluding hydrogens is 524 g/mol. The van der Waals surface area contributed by atoms with Crippen LogP contribution >= 0.6 is 0 Å². The Morgan fingerprint density at radius 1 is 0.628 bits per heavy atom. The number of hydrogen-bond donors (Lipinski definition) is 0. The van der Waals surface area contributed by atoms with Crippen molar-refractivity contribution in [3.63, 3.8) is 0 Å². The van der Waals surface area contributed by atoms with Gasteiger partial charge in [-0.25, -0.2) is 0 Å². The van der Waals surface area contributed by atoms with E-state index in [2.05, 4.69) is 107 Å². The molecule has 0 fully saturated rings. The van der Waals surface area contributed by atoms with E-state index in [4.69, 9.17) is 0 Å². The van der Waals surface area contributed by atoms with Gasteiger partial charge in [-0.3, -0.25) is 4.98 Å². The number of hydrogen-bond acceptors (Lipinski definition) is 4. The van der Waals surface area contributed by atoms with Crippen LogP contribution in [0.25, 0.3) is 60.8 Å². The highest BCUT2D eigenvalue weighted by molar-refractivity contribution is 6.21. The van der Waals surface area contributed by atoms with E-state index < -0.39 is 0 Å². The quantitative estimate of drug-likeness (QED) is 0.206. The second-order valence-electron chi connectivity index (χ2n) is 10.7. The van der Waals surface area contributed by atoms with Gasteiger partial charge in [0, 0.05) is 25.4 Å². The molecule has 4 heteroatoms. The topological polar surface area (TPSA) is 63.7 Å². The molecule has 6 aromatic rings. The zero-order valence-electron chi connectivity index (χ0n) is 23.6. The summed E-state index contributed by atoms with van der Waals surface area (Å²) in [5.41, 5.74) is 9.27. The standard InChI is InChI=1S/C39H26N4/c1-43-21-9-15-31(25-41)39(43)29-13-7-11-27(23-29)37-34-18-4-2-16-32(34)36(33-17-3-5-19-35(33)37)26-10-6-12-28(22-26)38-30(24-40)14-8-20-42-38/h2-20,22-23H,21H2,1H3. The Labute approximate surface area is 250 Å². The molecule has 4 nitrogen and oxygen atoms in total. The van der Waals surface area contributed by atoms with E-state index >= 15 is 0 Å². The SMILES string of the molecule is CN1CC=CC(C#N)=C1c1cccc(-c2c3ccccc3c(-c3cccc(-c4ncccc4C#N)c3)c3ccccc23)c1. The minimum atomic E-state index is 0.554. The highest BCUT2D eigenvalue weighted by Gasteiger charge is 2.20. The van der Waals surface area contributed by atoms with Gasteiger partial charge in [0.15, 0.2) is 0 Å². The molecule has 0 aliphatic carbocycles. The number of fused-ring (bicyclic) bond motifs is 2. The lowest BCUT2D eigenvalue weighted by atomic mass is 9.85.